The molecule has 0 fully saturated rings. The normalized spacial score (nSPS) is 11.4. The Morgan fingerprint density at radius 3 is 1.91 bits per heavy atom. The molecule has 0 unspecified atom stereocenters. The van der Waals surface area contributed by atoms with E-state index in [1.165, 1.54) is 0 Å². The molecule has 0 saturated heterocycles. The second-order valence-corrected chi connectivity index (χ2v) is 9.97. The summed E-state index contributed by atoms with van der Waals surface area (Å²) in [6.45, 7) is 12.5. The fraction of sp³-hybridized carbons (Fsp3) is 0.296. The molecule has 3 aromatic rings. The number of carbonyl (C=O) groups excluding carboxylic acids is 1. The number of carbonyl (C=O) groups is 1. The van der Waals surface area contributed by atoms with Crippen LogP contribution in [-0.2, 0) is 16.7 Å². The van der Waals surface area contributed by atoms with Crippen LogP contribution in [0.2, 0.25) is 0 Å². The van der Waals surface area contributed by atoms with Gasteiger partial charge in [0.05, 0.1) is 5.56 Å². The van der Waals surface area contributed by atoms with E-state index < -0.39 is 16.1 Å². The van der Waals surface area contributed by atoms with E-state index in [4.69, 9.17) is 9.47 Å². The third-order valence-electron chi connectivity index (χ3n) is 6.43. The second-order valence-electron chi connectivity index (χ2n) is 8.61. The molecule has 0 spiro atoms. The Morgan fingerprint density at radius 1 is 0.824 bits per heavy atom. The standard InChI is InChI=1S/C27H30O6S/c1-15-13-23(32-14-22-11-9-8-10-12-22)16(2)17(3)24(15)27(28)33-25-18(4)20(6)26(34(29,30)31)21(7)19(25)5/h8-13H,14H2,1-7H3,(H,29,30,31). The molecule has 6 nitrogen and oxygen atoms in total. The lowest BCUT2D eigenvalue weighted by Gasteiger charge is -2.20. The Hall–Kier alpha value is -3.16. The van der Waals surface area contributed by atoms with Crippen LogP contribution in [-0.4, -0.2) is 18.9 Å². The quantitative estimate of drug-likeness (QED) is 0.268. The van der Waals surface area contributed by atoms with Gasteiger partial charge in [0.15, 0.2) is 0 Å². The Balaban J connectivity index is 1.96. The van der Waals surface area contributed by atoms with Crippen molar-refractivity contribution >= 4 is 16.1 Å². The molecule has 0 bridgehead atoms. The highest BCUT2D eigenvalue weighted by Gasteiger charge is 2.26. The SMILES string of the molecule is Cc1cc(OCc2ccccc2)c(C)c(C)c1C(=O)Oc1c(C)c(C)c(S(=O)(=O)O)c(C)c1C. The molecule has 3 rings (SSSR count). The first-order valence-electron chi connectivity index (χ1n) is 10.9. The van der Waals surface area contributed by atoms with Gasteiger partial charge in [-0.2, -0.15) is 8.42 Å². The first-order valence-corrected chi connectivity index (χ1v) is 12.4. The molecule has 0 atom stereocenters. The summed E-state index contributed by atoms with van der Waals surface area (Å²) in [5.74, 6) is 0.470. The lowest BCUT2D eigenvalue weighted by Crippen LogP contribution is -2.17. The molecule has 0 heterocycles. The van der Waals surface area contributed by atoms with Crippen molar-refractivity contribution in [2.75, 3.05) is 0 Å². The molecule has 0 saturated carbocycles. The van der Waals surface area contributed by atoms with Crippen molar-refractivity contribution in [3.8, 4) is 11.5 Å². The maximum atomic E-state index is 13.3. The predicted molar refractivity (Wildman–Crippen MR) is 132 cm³/mol. The molecule has 0 aliphatic heterocycles. The van der Waals surface area contributed by atoms with E-state index in [0.29, 0.717) is 45.9 Å². The van der Waals surface area contributed by atoms with Gasteiger partial charge in [-0.15, -0.1) is 0 Å². The minimum absolute atomic E-state index is 0.148. The van der Waals surface area contributed by atoms with E-state index in [-0.39, 0.29) is 4.90 Å². The number of ether oxygens (including phenoxy) is 2. The van der Waals surface area contributed by atoms with Crippen molar-refractivity contribution < 1.29 is 27.2 Å². The molecular weight excluding hydrogens is 452 g/mol. The highest BCUT2D eigenvalue weighted by molar-refractivity contribution is 7.86. The van der Waals surface area contributed by atoms with Crippen LogP contribution in [0.4, 0.5) is 0 Å². The van der Waals surface area contributed by atoms with Crippen molar-refractivity contribution in [1.82, 2.24) is 0 Å². The van der Waals surface area contributed by atoms with Gasteiger partial charge in [0.25, 0.3) is 10.1 Å². The van der Waals surface area contributed by atoms with Crippen LogP contribution >= 0.6 is 0 Å². The number of hydrogen-bond acceptors (Lipinski definition) is 5. The van der Waals surface area contributed by atoms with Crippen LogP contribution in [0.15, 0.2) is 41.3 Å². The third kappa shape index (κ3) is 4.86. The Labute approximate surface area is 201 Å². The summed E-state index contributed by atoms with van der Waals surface area (Å²) in [6.07, 6.45) is 0. The number of hydrogen-bond donors (Lipinski definition) is 1. The number of benzene rings is 3. The van der Waals surface area contributed by atoms with Gasteiger partial charge < -0.3 is 9.47 Å². The number of aryl methyl sites for hydroxylation is 1. The van der Waals surface area contributed by atoms with E-state index in [1.54, 1.807) is 27.7 Å². The molecule has 0 amide bonds. The second kappa shape index (κ2) is 9.60. The van der Waals surface area contributed by atoms with E-state index in [1.807, 2.05) is 57.2 Å². The van der Waals surface area contributed by atoms with E-state index >= 15 is 0 Å². The van der Waals surface area contributed by atoms with Crippen LogP contribution < -0.4 is 9.47 Å². The van der Waals surface area contributed by atoms with Crippen molar-refractivity contribution in [2.45, 2.75) is 60.0 Å². The van der Waals surface area contributed by atoms with Crippen LogP contribution in [0.25, 0.3) is 0 Å². The third-order valence-corrected chi connectivity index (χ3v) is 7.56. The highest BCUT2D eigenvalue weighted by atomic mass is 32.2. The number of esters is 1. The topological polar surface area (TPSA) is 89.9 Å². The average molecular weight is 483 g/mol. The molecule has 0 aliphatic carbocycles. The molecular formula is C27H30O6S. The fourth-order valence-electron chi connectivity index (χ4n) is 4.17. The molecule has 7 heteroatoms. The molecule has 0 radical (unpaired) electrons. The molecule has 180 valence electrons. The maximum absolute atomic E-state index is 13.3. The Morgan fingerprint density at radius 2 is 1.38 bits per heavy atom. The fourth-order valence-corrected chi connectivity index (χ4v) is 5.25. The van der Waals surface area contributed by atoms with E-state index in [0.717, 1.165) is 22.3 Å². The summed E-state index contributed by atoms with van der Waals surface area (Å²) in [6, 6.07) is 11.7. The number of rotatable bonds is 6. The van der Waals surface area contributed by atoms with Gasteiger partial charge in [0, 0.05) is 0 Å². The minimum Gasteiger partial charge on any atom is -0.489 e. The van der Waals surface area contributed by atoms with Crippen LogP contribution in [0, 0.1) is 48.5 Å². The lowest BCUT2D eigenvalue weighted by atomic mass is 9.97. The van der Waals surface area contributed by atoms with Crippen LogP contribution in [0.5, 0.6) is 11.5 Å². The summed E-state index contributed by atoms with van der Waals surface area (Å²) in [5, 5.41) is 0. The summed E-state index contributed by atoms with van der Waals surface area (Å²) < 4.78 is 45.2. The van der Waals surface area contributed by atoms with Crippen molar-refractivity contribution in [1.29, 1.82) is 0 Å². The first-order chi connectivity index (χ1) is 15.8. The smallest absolute Gasteiger partial charge is 0.344 e. The summed E-state index contributed by atoms with van der Waals surface area (Å²) in [7, 11) is -4.41. The van der Waals surface area contributed by atoms with Gasteiger partial charge in [-0.3, -0.25) is 4.55 Å². The van der Waals surface area contributed by atoms with Crippen LogP contribution in [0.3, 0.4) is 0 Å². The zero-order valence-corrected chi connectivity index (χ0v) is 21.4. The van der Waals surface area contributed by atoms with Crippen molar-refractivity contribution in [2.24, 2.45) is 0 Å². The van der Waals surface area contributed by atoms with E-state index in [9.17, 15) is 17.8 Å². The van der Waals surface area contributed by atoms with Crippen LogP contribution in [0.1, 0.15) is 54.9 Å². The predicted octanol–water partition coefficient (Wildman–Crippen LogP) is 5.89. The largest absolute Gasteiger partial charge is 0.489 e. The molecule has 3 aromatic carbocycles. The molecule has 0 aromatic heterocycles. The monoisotopic (exact) mass is 482 g/mol. The first kappa shape index (κ1) is 25.5. The minimum atomic E-state index is -4.41. The lowest BCUT2D eigenvalue weighted by molar-refractivity contribution is 0.0730. The van der Waals surface area contributed by atoms with Gasteiger partial charge >= 0.3 is 5.97 Å². The summed E-state index contributed by atoms with van der Waals surface area (Å²) in [5.41, 5.74) is 5.48. The Kier molecular flexibility index (Phi) is 7.19. The summed E-state index contributed by atoms with van der Waals surface area (Å²) >= 11 is 0. The Bertz CT molecular complexity index is 1340. The van der Waals surface area contributed by atoms with Gasteiger partial charge in [0.2, 0.25) is 0 Å². The van der Waals surface area contributed by atoms with Gasteiger partial charge in [-0.25, -0.2) is 4.79 Å². The van der Waals surface area contributed by atoms with Gasteiger partial charge in [0.1, 0.15) is 23.0 Å². The van der Waals surface area contributed by atoms with Crippen molar-refractivity contribution in [3.05, 3.63) is 86.5 Å². The summed E-state index contributed by atoms with van der Waals surface area (Å²) in [4.78, 5) is 13.1. The molecule has 0 aliphatic rings. The van der Waals surface area contributed by atoms with E-state index in [2.05, 4.69) is 0 Å². The maximum Gasteiger partial charge on any atom is 0.344 e. The zero-order chi connectivity index (χ0) is 25.4. The van der Waals surface area contributed by atoms with Gasteiger partial charge in [-0.05, 0) is 99.0 Å². The molecule has 34 heavy (non-hydrogen) atoms. The molecule has 1 N–H and O–H groups in total. The highest BCUT2D eigenvalue weighted by Crippen LogP contribution is 2.36. The van der Waals surface area contributed by atoms with Gasteiger partial charge in [-0.1, -0.05) is 30.3 Å². The average Bonchev–Trinajstić information content (AvgIpc) is 2.76. The zero-order valence-electron chi connectivity index (χ0n) is 20.6. The van der Waals surface area contributed by atoms with Crippen molar-refractivity contribution in [3.63, 3.8) is 0 Å².